The average molecular weight is 484 g/mol. The van der Waals surface area contributed by atoms with Crippen molar-refractivity contribution in [3.05, 3.63) is 131 Å². The van der Waals surface area contributed by atoms with Crippen LogP contribution in [0, 0.1) is 17.6 Å². The molecule has 1 aliphatic rings. The maximum atomic E-state index is 13.7. The molecule has 1 unspecified atom stereocenters. The van der Waals surface area contributed by atoms with Crippen LogP contribution in [0.4, 0.5) is 8.78 Å². The van der Waals surface area contributed by atoms with Crippen molar-refractivity contribution in [2.75, 3.05) is 13.1 Å². The van der Waals surface area contributed by atoms with Crippen LogP contribution >= 0.6 is 0 Å². The monoisotopic (exact) mass is 483 g/mol. The van der Waals surface area contributed by atoms with E-state index in [1.165, 1.54) is 24.3 Å². The Labute approximate surface area is 210 Å². The zero-order valence-corrected chi connectivity index (χ0v) is 19.8. The maximum absolute atomic E-state index is 13.7. The first-order valence-electron chi connectivity index (χ1n) is 12.1. The Morgan fingerprint density at radius 3 is 2.03 bits per heavy atom. The number of carbonyl (C=O) groups excluding carboxylic acids is 1. The van der Waals surface area contributed by atoms with E-state index in [1.807, 2.05) is 48.5 Å². The molecule has 5 heteroatoms. The molecular formula is C31H27F2NO2. The maximum Gasteiger partial charge on any atom is 0.139 e. The van der Waals surface area contributed by atoms with Gasteiger partial charge in [-0.3, -0.25) is 9.69 Å². The van der Waals surface area contributed by atoms with E-state index in [-0.39, 0.29) is 29.3 Å². The third-order valence-electron chi connectivity index (χ3n) is 6.69. The Morgan fingerprint density at radius 2 is 1.39 bits per heavy atom. The fraction of sp³-hybridized carbons (Fsp3) is 0.194. The Morgan fingerprint density at radius 1 is 0.778 bits per heavy atom. The van der Waals surface area contributed by atoms with Crippen LogP contribution in [-0.2, 0) is 11.3 Å². The second kappa shape index (κ2) is 10.8. The number of ether oxygens (including phenoxy) is 1. The van der Waals surface area contributed by atoms with Gasteiger partial charge >= 0.3 is 0 Å². The summed E-state index contributed by atoms with van der Waals surface area (Å²) in [6.45, 7) is 1.90. The van der Waals surface area contributed by atoms with Gasteiger partial charge in [0.1, 0.15) is 28.9 Å². The van der Waals surface area contributed by atoms with Crippen LogP contribution in [0.2, 0.25) is 0 Å². The SMILES string of the molecule is O=C1CCN(Cc2cccc(Oc3ccccc3)c2)CC1C(c1ccc(F)cc1)c1ccc(F)cc1. The van der Waals surface area contributed by atoms with Gasteiger partial charge in [-0.05, 0) is 65.2 Å². The molecule has 1 saturated heterocycles. The van der Waals surface area contributed by atoms with Crippen molar-refractivity contribution in [1.29, 1.82) is 0 Å². The van der Waals surface area contributed by atoms with Gasteiger partial charge in [-0.1, -0.05) is 54.6 Å². The molecule has 4 aromatic carbocycles. The summed E-state index contributed by atoms with van der Waals surface area (Å²) >= 11 is 0. The van der Waals surface area contributed by atoms with Crippen molar-refractivity contribution in [1.82, 2.24) is 4.90 Å². The van der Waals surface area contributed by atoms with Gasteiger partial charge in [-0.15, -0.1) is 0 Å². The molecular weight excluding hydrogens is 456 g/mol. The quantitative estimate of drug-likeness (QED) is 0.284. The van der Waals surface area contributed by atoms with Crippen molar-refractivity contribution in [3.8, 4) is 11.5 Å². The molecule has 0 N–H and O–H groups in total. The lowest BCUT2D eigenvalue weighted by molar-refractivity contribution is -0.126. The molecule has 1 heterocycles. The van der Waals surface area contributed by atoms with Crippen LogP contribution in [0.1, 0.15) is 29.0 Å². The molecule has 5 rings (SSSR count). The molecule has 0 radical (unpaired) electrons. The summed E-state index contributed by atoms with van der Waals surface area (Å²) in [4.78, 5) is 15.4. The highest BCUT2D eigenvalue weighted by Gasteiger charge is 2.35. The lowest BCUT2D eigenvalue weighted by Crippen LogP contribution is -2.43. The fourth-order valence-electron chi connectivity index (χ4n) is 4.95. The van der Waals surface area contributed by atoms with Crippen molar-refractivity contribution in [2.24, 2.45) is 5.92 Å². The van der Waals surface area contributed by atoms with Crippen LogP contribution in [0.15, 0.2) is 103 Å². The number of nitrogens with zero attached hydrogens (tertiary/aromatic N) is 1. The Hall–Kier alpha value is -3.83. The van der Waals surface area contributed by atoms with E-state index in [4.69, 9.17) is 4.74 Å². The van der Waals surface area contributed by atoms with E-state index in [2.05, 4.69) is 11.0 Å². The summed E-state index contributed by atoms with van der Waals surface area (Å²) in [6.07, 6.45) is 0.434. The molecule has 0 saturated carbocycles. The minimum atomic E-state index is -0.328. The topological polar surface area (TPSA) is 29.5 Å². The van der Waals surface area contributed by atoms with Crippen molar-refractivity contribution < 1.29 is 18.3 Å². The van der Waals surface area contributed by atoms with Gasteiger partial charge in [0.05, 0.1) is 0 Å². The normalized spacial score (nSPS) is 16.3. The predicted octanol–water partition coefficient (Wildman–Crippen LogP) is 6.98. The number of Topliss-reactive ketones (excluding diaryl/α,β-unsaturated/α-hetero) is 1. The van der Waals surface area contributed by atoms with E-state index in [1.54, 1.807) is 24.3 Å². The zero-order chi connectivity index (χ0) is 24.9. The fourth-order valence-corrected chi connectivity index (χ4v) is 4.95. The molecule has 0 spiro atoms. The second-order valence-electron chi connectivity index (χ2n) is 9.20. The summed E-state index contributed by atoms with van der Waals surface area (Å²) in [5.41, 5.74) is 2.79. The first-order valence-corrected chi connectivity index (χ1v) is 12.1. The molecule has 0 bridgehead atoms. The number of halogens is 2. The van der Waals surface area contributed by atoms with Gasteiger partial charge in [-0.2, -0.15) is 0 Å². The first kappa shape index (κ1) is 23.9. The van der Waals surface area contributed by atoms with Gasteiger partial charge in [0.2, 0.25) is 0 Å². The zero-order valence-electron chi connectivity index (χ0n) is 19.8. The van der Waals surface area contributed by atoms with Crippen molar-refractivity contribution >= 4 is 5.78 Å². The molecule has 0 aliphatic carbocycles. The third kappa shape index (κ3) is 5.69. The number of rotatable bonds is 7. The van der Waals surface area contributed by atoms with Crippen LogP contribution in [0.5, 0.6) is 11.5 Å². The highest BCUT2D eigenvalue weighted by molar-refractivity contribution is 5.83. The summed E-state index contributed by atoms with van der Waals surface area (Å²) < 4.78 is 33.3. The lowest BCUT2D eigenvalue weighted by atomic mass is 9.76. The summed E-state index contributed by atoms with van der Waals surface area (Å²) in [6, 6.07) is 30.2. The van der Waals surface area contributed by atoms with E-state index >= 15 is 0 Å². The van der Waals surface area contributed by atoms with Gasteiger partial charge in [0, 0.05) is 37.9 Å². The van der Waals surface area contributed by atoms with Crippen LogP contribution in [0.3, 0.4) is 0 Å². The number of benzene rings is 4. The predicted molar refractivity (Wildman–Crippen MR) is 136 cm³/mol. The molecule has 0 amide bonds. The molecule has 36 heavy (non-hydrogen) atoms. The van der Waals surface area contributed by atoms with E-state index in [0.29, 0.717) is 26.1 Å². The largest absolute Gasteiger partial charge is 0.457 e. The minimum Gasteiger partial charge on any atom is -0.457 e. The molecule has 3 nitrogen and oxygen atoms in total. The van der Waals surface area contributed by atoms with Crippen molar-refractivity contribution in [3.63, 3.8) is 0 Å². The van der Waals surface area contributed by atoms with Gasteiger partial charge in [-0.25, -0.2) is 8.78 Å². The molecule has 0 aromatic heterocycles. The number of hydrogen-bond donors (Lipinski definition) is 0. The molecule has 1 atom stereocenters. The summed E-state index contributed by atoms with van der Waals surface area (Å²) in [5.74, 6) is 0.453. The van der Waals surface area contributed by atoms with Crippen molar-refractivity contribution in [2.45, 2.75) is 18.9 Å². The van der Waals surface area contributed by atoms with Crippen LogP contribution in [0.25, 0.3) is 0 Å². The molecule has 182 valence electrons. The summed E-state index contributed by atoms with van der Waals surface area (Å²) in [7, 11) is 0. The Kier molecular flexibility index (Phi) is 7.19. The van der Waals surface area contributed by atoms with Crippen LogP contribution < -0.4 is 4.74 Å². The number of para-hydroxylation sites is 1. The van der Waals surface area contributed by atoms with Gasteiger partial charge < -0.3 is 4.74 Å². The average Bonchev–Trinajstić information content (AvgIpc) is 2.89. The third-order valence-corrected chi connectivity index (χ3v) is 6.69. The van der Waals surface area contributed by atoms with Crippen LogP contribution in [-0.4, -0.2) is 23.8 Å². The standard InChI is InChI=1S/C31H27F2NO2/c32-25-13-9-23(10-14-25)31(24-11-15-26(33)16-12-24)29-21-34(18-17-30(29)35)20-22-5-4-8-28(19-22)36-27-6-2-1-3-7-27/h1-16,19,29,31H,17-18,20-21H2. The number of ketones is 1. The van der Waals surface area contributed by atoms with Gasteiger partial charge in [0.15, 0.2) is 0 Å². The smallest absolute Gasteiger partial charge is 0.139 e. The number of carbonyl (C=O) groups is 1. The lowest BCUT2D eigenvalue weighted by Gasteiger charge is -2.36. The second-order valence-corrected chi connectivity index (χ2v) is 9.20. The number of likely N-dealkylation sites (tertiary alicyclic amines) is 1. The van der Waals surface area contributed by atoms with E-state index in [9.17, 15) is 13.6 Å². The van der Waals surface area contributed by atoms with E-state index < -0.39 is 0 Å². The molecule has 1 aliphatic heterocycles. The van der Waals surface area contributed by atoms with Gasteiger partial charge in [0.25, 0.3) is 0 Å². The summed E-state index contributed by atoms with van der Waals surface area (Å²) in [5, 5.41) is 0. The highest BCUT2D eigenvalue weighted by atomic mass is 19.1. The minimum absolute atomic E-state index is 0.172. The number of piperidine rings is 1. The first-order chi connectivity index (χ1) is 17.5. The van der Waals surface area contributed by atoms with E-state index in [0.717, 1.165) is 28.2 Å². The molecule has 4 aromatic rings. The molecule has 1 fully saturated rings. The number of hydrogen-bond acceptors (Lipinski definition) is 3. The Balaban J connectivity index is 1.37. The Bertz CT molecular complexity index is 1260. The highest BCUT2D eigenvalue weighted by Crippen LogP contribution is 2.36.